The average molecular weight is 232 g/mol. The molecule has 0 N–H and O–H groups in total. The molecule has 90 valence electrons. The summed E-state index contributed by atoms with van der Waals surface area (Å²) in [5, 5.41) is 0. The number of rotatable bonds is 2. The summed E-state index contributed by atoms with van der Waals surface area (Å²) in [4.78, 5) is 0. The number of methoxy groups -OCH3 is 1. The second-order valence-corrected chi connectivity index (χ2v) is 5.26. The van der Waals surface area contributed by atoms with Gasteiger partial charge in [0.1, 0.15) is 5.82 Å². The minimum atomic E-state index is -0.172. The quantitative estimate of drug-likeness (QED) is 0.753. The molecule has 0 saturated heterocycles. The fraction of sp³-hybridized carbons (Fsp3) is 0.467. The van der Waals surface area contributed by atoms with Gasteiger partial charge in [-0.05, 0) is 60.9 Å². The molecule has 0 aliphatic heterocycles. The number of hydrogen-bond acceptors (Lipinski definition) is 1. The molecule has 1 fully saturated rings. The van der Waals surface area contributed by atoms with E-state index >= 15 is 0 Å². The fourth-order valence-corrected chi connectivity index (χ4v) is 3.24. The van der Waals surface area contributed by atoms with Gasteiger partial charge in [-0.3, -0.25) is 0 Å². The maximum absolute atomic E-state index is 12.9. The zero-order valence-corrected chi connectivity index (χ0v) is 10.1. The topological polar surface area (TPSA) is 9.23 Å². The van der Waals surface area contributed by atoms with Crippen LogP contribution in [0.25, 0.3) is 5.57 Å². The van der Waals surface area contributed by atoms with Gasteiger partial charge < -0.3 is 4.74 Å². The molecule has 3 rings (SSSR count). The van der Waals surface area contributed by atoms with Gasteiger partial charge in [-0.25, -0.2) is 4.39 Å². The highest BCUT2D eigenvalue weighted by Crippen LogP contribution is 2.48. The number of allylic oxidation sites excluding steroid dienone is 1. The van der Waals surface area contributed by atoms with Gasteiger partial charge in [0, 0.05) is 7.11 Å². The lowest BCUT2D eigenvalue weighted by atomic mass is 9.84. The summed E-state index contributed by atoms with van der Waals surface area (Å²) in [6.45, 7) is 0. The second-order valence-electron chi connectivity index (χ2n) is 5.26. The van der Waals surface area contributed by atoms with Crippen molar-refractivity contribution in [2.45, 2.75) is 31.3 Å². The molecule has 17 heavy (non-hydrogen) atoms. The first-order valence-electron chi connectivity index (χ1n) is 6.24. The van der Waals surface area contributed by atoms with Crippen molar-refractivity contribution in [1.29, 1.82) is 0 Å². The van der Waals surface area contributed by atoms with Crippen molar-refractivity contribution in [3.8, 4) is 0 Å². The van der Waals surface area contributed by atoms with E-state index in [0.717, 1.165) is 30.7 Å². The Kier molecular flexibility index (Phi) is 2.55. The van der Waals surface area contributed by atoms with Gasteiger partial charge in [0.2, 0.25) is 0 Å². The third kappa shape index (κ3) is 1.91. The predicted octanol–water partition coefficient (Wildman–Crippen LogP) is 3.80. The van der Waals surface area contributed by atoms with Crippen molar-refractivity contribution in [2.75, 3.05) is 7.11 Å². The maximum atomic E-state index is 12.9. The molecular formula is C15H17FO. The van der Waals surface area contributed by atoms with Crippen LogP contribution < -0.4 is 0 Å². The first-order chi connectivity index (χ1) is 8.21. The van der Waals surface area contributed by atoms with Gasteiger partial charge >= 0.3 is 0 Å². The van der Waals surface area contributed by atoms with Crippen molar-refractivity contribution in [3.05, 3.63) is 41.7 Å². The lowest BCUT2D eigenvalue weighted by Crippen LogP contribution is -2.27. The minimum Gasteiger partial charge on any atom is -0.374 e. The molecule has 0 amide bonds. The first kappa shape index (κ1) is 11.0. The van der Waals surface area contributed by atoms with E-state index in [0.29, 0.717) is 0 Å². The van der Waals surface area contributed by atoms with Gasteiger partial charge in [-0.15, -0.1) is 0 Å². The Bertz CT molecular complexity index is 448. The molecule has 1 aromatic carbocycles. The van der Waals surface area contributed by atoms with Gasteiger partial charge in [0.05, 0.1) is 5.60 Å². The molecule has 0 radical (unpaired) electrons. The molecule has 2 bridgehead atoms. The van der Waals surface area contributed by atoms with E-state index in [1.54, 1.807) is 7.11 Å². The zero-order valence-electron chi connectivity index (χ0n) is 10.1. The molecule has 0 spiro atoms. The molecule has 1 nitrogen and oxygen atoms in total. The van der Waals surface area contributed by atoms with Crippen molar-refractivity contribution >= 4 is 5.57 Å². The molecule has 0 aromatic heterocycles. The number of benzene rings is 1. The van der Waals surface area contributed by atoms with E-state index in [1.807, 2.05) is 12.1 Å². The van der Waals surface area contributed by atoms with Crippen LogP contribution in [0.5, 0.6) is 0 Å². The fourth-order valence-electron chi connectivity index (χ4n) is 3.24. The van der Waals surface area contributed by atoms with Crippen LogP contribution in [0.4, 0.5) is 4.39 Å². The largest absolute Gasteiger partial charge is 0.374 e. The van der Waals surface area contributed by atoms with Crippen molar-refractivity contribution in [3.63, 3.8) is 0 Å². The van der Waals surface area contributed by atoms with Crippen molar-refractivity contribution in [1.82, 2.24) is 0 Å². The number of ether oxygens (including phenoxy) is 1. The van der Waals surface area contributed by atoms with E-state index < -0.39 is 0 Å². The highest BCUT2D eigenvalue weighted by Gasteiger charge is 2.41. The predicted molar refractivity (Wildman–Crippen MR) is 66.1 cm³/mol. The zero-order chi connectivity index (χ0) is 11.9. The summed E-state index contributed by atoms with van der Waals surface area (Å²) in [7, 11) is 1.80. The smallest absolute Gasteiger partial charge is 0.123 e. The molecule has 2 heteroatoms. The SMILES string of the molecule is COC12C=C(c3ccc(F)cc3)CC(CC1)C2. The summed E-state index contributed by atoms with van der Waals surface area (Å²) in [5.74, 6) is 0.564. The Morgan fingerprint density at radius 2 is 2.06 bits per heavy atom. The monoisotopic (exact) mass is 232 g/mol. The summed E-state index contributed by atoms with van der Waals surface area (Å²) < 4.78 is 18.6. The van der Waals surface area contributed by atoms with Crippen molar-refractivity contribution < 1.29 is 9.13 Å². The molecule has 2 aliphatic carbocycles. The Morgan fingerprint density at radius 3 is 2.76 bits per heavy atom. The molecule has 0 heterocycles. The van der Waals surface area contributed by atoms with Crippen LogP contribution in [0.2, 0.25) is 0 Å². The summed E-state index contributed by atoms with van der Waals surface area (Å²) >= 11 is 0. The summed E-state index contributed by atoms with van der Waals surface area (Å²) in [6, 6.07) is 6.81. The minimum absolute atomic E-state index is 0.0490. The Balaban J connectivity index is 1.96. The lowest BCUT2D eigenvalue weighted by molar-refractivity contribution is 0.0332. The number of fused-ring (bicyclic) bond motifs is 2. The van der Waals surface area contributed by atoms with Gasteiger partial charge in [-0.2, -0.15) is 0 Å². The van der Waals surface area contributed by atoms with Crippen LogP contribution in [-0.2, 0) is 4.74 Å². The van der Waals surface area contributed by atoms with Crippen LogP contribution in [0.15, 0.2) is 30.3 Å². The summed E-state index contributed by atoms with van der Waals surface area (Å²) in [5.41, 5.74) is 2.41. The molecule has 1 aromatic rings. The van der Waals surface area contributed by atoms with E-state index in [-0.39, 0.29) is 11.4 Å². The highest BCUT2D eigenvalue weighted by molar-refractivity contribution is 5.68. The Labute approximate surface area is 101 Å². The Hall–Kier alpha value is -1.15. The Morgan fingerprint density at radius 1 is 1.29 bits per heavy atom. The van der Waals surface area contributed by atoms with Crippen LogP contribution in [-0.4, -0.2) is 12.7 Å². The molecule has 2 aliphatic rings. The van der Waals surface area contributed by atoms with E-state index in [2.05, 4.69) is 6.08 Å². The van der Waals surface area contributed by atoms with Crippen LogP contribution in [0.3, 0.4) is 0 Å². The standard InChI is InChI=1S/C15H17FO/c1-17-15-7-6-11(9-15)8-13(10-15)12-2-4-14(16)5-3-12/h2-5,10-11H,6-9H2,1H3. The van der Waals surface area contributed by atoms with Crippen LogP contribution in [0.1, 0.15) is 31.2 Å². The maximum Gasteiger partial charge on any atom is 0.123 e. The van der Waals surface area contributed by atoms with Crippen LogP contribution in [0, 0.1) is 11.7 Å². The summed E-state index contributed by atoms with van der Waals surface area (Å²) in [6.07, 6.45) is 6.89. The third-order valence-electron chi connectivity index (χ3n) is 4.18. The lowest BCUT2D eigenvalue weighted by Gasteiger charge is -2.30. The third-order valence-corrected chi connectivity index (χ3v) is 4.18. The van der Waals surface area contributed by atoms with E-state index in [4.69, 9.17) is 4.74 Å². The van der Waals surface area contributed by atoms with Gasteiger partial charge in [0.15, 0.2) is 0 Å². The molecule has 2 atom stereocenters. The molecule has 1 saturated carbocycles. The number of halogens is 1. The number of hydrogen-bond donors (Lipinski definition) is 0. The molecular weight excluding hydrogens is 215 g/mol. The molecule has 2 unspecified atom stereocenters. The van der Waals surface area contributed by atoms with Crippen LogP contribution >= 0.6 is 0 Å². The first-order valence-corrected chi connectivity index (χ1v) is 6.24. The second kappa shape index (κ2) is 3.95. The van der Waals surface area contributed by atoms with Gasteiger partial charge in [0.25, 0.3) is 0 Å². The van der Waals surface area contributed by atoms with E-state index in [1.165, 1.54) is 24.1 Å². The van der Waals surface area contributed by atoms with Crippen molar-refractivity contribution in [2.24, 2.45) is 5.92 Å². The normalized spacial score (nSPS) is 31.4. The highest BCUT2D eigenvalue weighted by atomic mass is 19.1. The van der Waals surface area contributed by atoms with E-state index in [9.17, 15) is 4.39 Å². The van der Waals surface area contributed by atoms with Gasteiger partial charge in [-0.1, -0.05) is 12.1 Å². The average Bonchev–Trinajstić information content (AvgIpc) is 2.66.